The first-order valence-electron chi connectivity index (χ1n) is 8.49. The van der Waals surface area contributed by atoms with Gasteiger partial charge in [0.05, 0.1) is 6.61 Å². The SMILES string of the molecule is CCOc1ccccc1/C=C/C(=O)OCC(=O)Nc1ccc(OC(F)(F)F)cc1. The Kier molecular flexibility index (Phi) is 7.64. The van der Waals surface area contributed by atoms with Crippen molar-refractivity contribution in [1.82, 2.24) is 0 Å². The lowest BCUT2D eigenvalue weighted by atomic mass is 10.2. The number of hydrogen-bond acceptors (Lipinski definition) is 5. The van der Waals surface area contributed by atoms with Crippen molar-refractivity contribution < 1.29 is 37.0 Å². The summed E-state index contributed by atoms with van der Waals surface area (Å²) in [6.07, 6.45) is -2.13. The molecule has 154 valence electrons. The van der Waals surface area contributed by atoms with Crippen LogP contribution in [0, 0.1) is 0 Å². The maximum Gasteiger partial charge on any atom is 0.573 e. The largest absolute Gasteiger partial charge is 0.573 e. The Morgan fingerprint density at radius 1 is 1.07 bits per heavy atom. The van der Waals surface area contributed by atoms with Crippen LogP contribution in [0.2, 0.25) is 0 Å². The normalized spacial score (nSPS) is 11.2. The van der Waals surface area contributed by atoms with Crippen molar-refractivity contribution in [2.24, 2.45) is 0 Å². The van der Waals surface area contributed by atoms with Crippen molar-refractivity contribution in [3.8, 4) is 11.5 Å². The predicted octanol–water partition coefficient (Wildman–Crippen LogP) is 4.18. The molecule has 29 heavy (non-hydrogen) atoms. The van der Waals surface area contributed by atoms with Gasteiger partial charge in [0.15, 0.2) is 6.61 Å². The third-order valence-corrected chi connectivity index (χ3v) is 3.34. The first kappa shape index (κ1) is 21.8. The van der Waals surface area contributed by atoms with Crippen LogP contribution in [0.25, 0.3) is 6.08 Å². The Bertz CT molecular complexity index is 863. The number of hydrogen-bond donors (Lipinski definition) is 1. The number of nitrogens with one attached hydrogen (secondary N) is 1. The topological polar surface area (TPSA) is 73.9 Å². The molecule has 0 spiro atoms. The third kappa shape index (κ3) is 7.96. The molecule has 1 N–H and O–H groups in total. The quantitative estimate of drug-likeness (QED) is 0.523. The summed E-state index contributed by atoms with van der Waals surface area (Å²) in [5.41, 5.74) is 0.902. The summed E-state index contributed by atoms with van der Waals surface area (Å²) in [5.74, 6) is -1.19. The third-order valence-electron chi connectivity index (χ3n) is 3.34. The summed E-state index contributed by atoms with van der Waals surface area (Å²) in [7, 11) is 0. The van der Waals surface area contributed by atoms with Gasteiger partial charge in [-0.1, -0.05) is 18.2 Å². The molecule has 0 fully saturated rings. The van der Waals surface area contributed by atoms with Crippen LogP contribution in [0.3, 0.4) is 0 Å². The summed E-state index contributed by atoms with van der Waals surface area (Å²) in [4.78, 5) is 23.6. The number of rotatable bonds is 8. The molecule has 0 aliphatic heterocycles. The van der Waals surface area contributed by atoms with Gasteiger partial charge in [-0.2, -0.15) is 0 Å². The standard InChI is InChI=1S/C20H18F3NO5/c1-2-27-17-6-4-3-5-14(17)7-12-19(26)28-13-18(25)24-15-8-10-16(11-9-15)29-20(21,22)23/h3-12H,2,13H2,1H3,(H,24,25)/b12-7+. The van der Waals surface area contributed by atoms with Gasteiger partial charge < -0.3 is 19.5 Å². The molecule has 0 heterocycles. The second kappa shape index (κ2) is 10.2. The van der Waals surface area contributed by atoms with Gasteiger partial charge in [-0.05, 0) is 43.3 Å². The van der Waals surface area contributed by atoms with Crippen LogP contribution in [-0.2, 0) is 14.3 Å². The Hall–Kier alpha value is -3.49. The predicted molar refractivity (Wildman–Crippen MR) is 99.4 cm³/mol. The van der Waals surface area contributed by atoms with Gasteiger partial charge in [-0.15, -0.1) is 13.2 Å². The second-order valence-electron chi connectivity index (χ2n) is 5.53. The van der Waals surface area contributed by atoms with Crippen LogP contribution in [0.4, 0.5) is 18.9 Å². The highest BCUT2D eigenvalue weighted by molar-refractivity contribution is 5.94. The van der Waals surface area contributed by atoms with Gasteiger partial charge in [-0.3, -0.25) is 4.79 Å². The molecule has 0 unspecified atom stereocenters. The number of para-hydroxylation sites is 1. The van der Waals surface area contributed by atoms with Gasteiger partial charge in [0.25, 0.3) is 5.91 Å². The number of ether oxygens (including phenoxy) is 3. The molecule has 0 saturated heterocycles. The zero-order chi connectivity index (χ0) is 21.3. The first-order valence-corrected chi connectivity index (χ1v) is 8.49. The van der Waals surface area contributed by atoms with Gasteiger partial charge in [0, 0.05) is 17.3 Å². The summed E-state index contributed by atoms with van der Waals surface area (Å²) < 4.78 is 50.3. The number of amides is 1. The Labute approximate surface area is 164 Å². The van der Waals surface area contributed by atoms with E-state index in [1.54, 1.807) is 24.3 Å². The van der Waals surface area contributed by atoms with E-state index in [-0.39, 0.29) is 5.69 Å². The molecule has 1 amide bonds. The van der Waals surface area contributed by atoms with E-state index in [4.69, 9.17) is 9.47 Å². The zero-order valence-electron chi connectivity index (χ0n) is 15.4. The maximum atomic E-state index is 12.1. The van der Waals surface area contributed by atoms with Crippen LogP contribution >= 0.6 is 0 Å². The molecule has 2 aromatic carbocycles. The molecule has 0 aliphatic rings. The zero-order valence-corrected chi connectivity index (χ0v) is 15.4. The Morgan fingerprint density at radius 2 is 1.76 bits per heavy atom. The van der Waals surface area contributed by atoms with Crippen molar-refractivity contribution in [2.45, 2.75) is 13.3 Å². The highest BCUT2D eigenvalue weighted by Gasteiger charge is 2.30. The van der Waals surface area contributed by atoms with Crippen LogP contribution in [0.5, 0.6) is 11.5 Å². The molecule has 2 rings (SSSR count). The highest BCUT2D eigenvalue weighted by Crippen LogP contribution is 2.24. The fourth-order valence-corrected chi connectivity index (χ4v) is 2.18. The lowest BCUT2D eigenvalue weighted by Gasteiger charge is -2.10. The van der Waals surface area contributed by atoms with Crippen molar-refractivity contribution >= 4 is 23.6 Å². The molecule has 0 bridgehead atoms. The minimum Gasteiger partial charge on any atom is -0.493 e. The van der Waals surface area contributed by atoms with Gasteiger partial charge >= 0.3 is 12.3 Å². The summed E-state index contributed by atoms with van der Waals surface area (Å²) in [6.45, 7) is 1.75. The minimum atomic E-state index is -4.80. The van der Waals surface area contributed by atoms with E-state index in [1.807, 2.05) is 6.92 Å². The Morgan fingerprint density at radius 3 is 2.41 bits per heavy atom. The molecule has 6 nitrogen and oxygen atoms in total. The van der Waals surface area contributed by atoms with Crippen LogP contribution in [-0.4, -0.2) is 31.5 Å². The molecule has 0 saturated carbocycles. The second-order valence-corrected chi connectivity index (χ2v) is 5.53. The van der Waals surface area contributed by atoms with E-state index >= 15 is 0 Å². The molecule has 0 aliphatic carbocycles. The number of anilines is 1. The average Bonchev–Trinajstić information content (AvgIpc) is 2.66. The van der Waals surface area contributed by atoms with Crippen molar-refractivity contribution in [1.29, 1.82) is 0 Å². The van der Waals surface area contributed by atoms with E-state index in [9.17, 15) is 22.8 Å². The Balaban J connectivity index is 1.82. The number of carbonyl (C=O) groups is 2. The van der Waals surface area contributed by atoms with E-state index in [1.165, 1.54) is 18.2 Å². The fourth-order valence-electron chi connectivity index (χ4n) is 2.18. The molecule has 0 radical (unpaired) electrons. The van der Waals surface area contributed by atoms with Gasteiger partial charge in [0.2, 0.25) is 0 Å². The van der Waals surface area contributed by atoms with Gasteiger partial charge in [-0.25, -0.2) is 4.79 Å². The van der Waals surface area contributed by atoms with E-state index in [0.717, 1.165) is 18.2 Å². The van der Waals surface area contributed by atoms with Crippen molar-refractivity contribution in [3.63, 3.8) is 0 Å². The number of halogens is 3. The van der Waals surface area contributed by atoms with Gasteiger partial charge in [0.1, 0.15) is 11.5 Å². The molecule has 0 aromatic heterocycles. The lowest BCUT2D eigenvalue weighted by Crippen LogP contribution is -2.20. The molecule has 2 aromatic rings. The van der Waals surface area contributed by atoms with E-state index in [2.05, 4.69) is 10.1 Å². The summed E-state index contributed by atoms with van der Waals surface area (Å²) in [6, 6.07) is 11.7. The average molecular weight is 409 g/mol. The molecule has 0 atom stereocenters. The van der Waals surface area contributed by atoms with E-state index < -0.39 is 30.6 Å². The monoisotopic (exact) mass is 409 g/mol. The van der Waals surface area contributed by atoms with Crippen LogP contribution in [0.1, 0.15) is 12.5 Å². The number of esters is 1. The van der Waals surface area contributed by atoms with Crippen LogP contribution in [0.15, 0.2) is 54.6 Å². The summed E-state index contributed by atoms with van der Waals surface area (Å²) in [5, 5.41) is 2.39. The van der Waals surface area contributed by atoms with Crippen molar-refractivity contribution in [3.05, 3.63) is 60.2 Å². The smallest absolute Gasteiger partial charge is 0.493 e. The number of alkyl halides is 3. The van der Waals surface area contributed by atoms with Crippen molar-refractivity contribution in [2.75, 3.05) is 18.5 Å². The summed E-state index contributed by atoms with van der Waals surface area (Å²) >= 11 is 0. The maximum absolute atomic E-state index is 12.1. The molecule has 9 heteroatoms. The highest BCUT2D eigenvalue weighted by atomic mass is 19.4. The number of carbonyl (C=O) groups excluding carboxylic acids is 2. The van der Waals surface area contributed by atoms with E-state index in [0.29, 0.717) is 17.9 Å². The first-order chi connectivity index (χ1) is 13.8. The minimum absolute atomic E-state index is 0.224. The molecular formula is C20H18F3NO5. The number of benzene rings is 2. The fraction of sp³-hybridized carbons (Fsp3) is 0.200. The molecular weight excluding hydrogens is 391 g/mol. The lowest BCUT2D eigenvalue weighted by molar-refractivity contribution is -0.274. The van der Waals surface area contributed by atoms with Crippen LogP contribution < -0.4 is 14.8 Å².